The molecule has 0 fully saturated rings. The molecular formula is C7H11N3. The second-order valence-electron chi connectivity index (χ2n) is 2.07. The largest absolute Gasteiger partial charge is 0.302 e. The second kappa shape index (κ2) is 6.07. The standard InChI is InChI=1S/C7H11N3/c1-7(6-9)10-5-3-2-4-8/h7,10H,2-3,5H2,1H3. The van der Waals surface area contributed by atoms with E-state index >= 15 is 0 Å². The average Bonchev–Trinajstić information content (AvgIpc) is 1.98. The van der Waals surface area contributed by atoms with Gasteiger partial charge in [0.15, 0.2) is 0 Å². The smallest absolute Gasteiger partial charge is 0.0924 e. The summed E-state index contributed by atoms with van der Waals surface area (Å²) in [6, 6.07) is 3.99. The third-order valence-corrected chi connectivity index (χ3v) is 1.11. The van der Waals surface area contributed by atoms with E-state index in [4.69, 9.17) is 10.5 Å². The van der Waals surface area contributed by atoms with Crippen LogP contribution in [-0.4, -0.2) is 12.6 Å². The number of nitriles is 2. The zero-order valence-corrected chi connectivity index (χ0v) is 6.09. The van der Waals surface area contributed by atoms with E-state index < -0.39 is 0 Å². The van der Waals surface area contributed by atoms with E-state index in [0.29, 0.717) is 6.42 Å². The van der Waals surface area contributed by atoms with Crippen LogP contribution in [0.1, 0.15) is 19.8 Å². The van der Waals surface area contributed by atoms with Crippen molar-refractivity contribution in [1.82, 2.24) is 5.32 Å². The lowest BCUT2D eigenvalue weighted by Gasteiger charge is -2.02. The van der Waals surface area contributed by atoms with Crippen molar-refractivity contribution < 1.29 is 0 Å². The van der Waals surface area contributed by atoms with Crippen molar-refractivity contribution in [1.29, 1.82) is 10.5 Å². The molecule has 0 saturated carbocycles. The summed E-state index contributed by atoms with van der Waals surface area (Å²) in [5, 5.41) is 19.4. The molecule has 1 unspecified atom stereocenters. The molecule has 1 N–H and O–H groups in total. The summed E-state index contributed by atoms with van der Waals surface area (Å²) in [5.41, 5.74) is 0. The van der Waals surface area contributed by atoms with Gasteiger partial charge in [-0.3, -0.25) is 0 Å². The minimum Gasteiger partial charge on any atom is -0.302 e. The molecule has 0 aromatic rings. The molecule has 0 aromatic carbocycles. The van der Waals surface area contributed by atoms with E-state index in [0.717, 1.165) is 13.0 Å². The Kier molecular flexibility index (Phi) is 5.42. The summed E-state index contributed by atoms with van der Waals surface area (Å²) in [6.45, 7) is 2.55. The predicted molar refractivity (Wildman–Crippen MR) is 37.9 cm³/mol. The lowest BCUT2D eigenvalue weighted by molar-refractivity contribution is 0.619. The molecule has 0 aliphatic rings. The summed E-state index contributed by atoms with van der Waals surface area (Å²) < 4.78 is 0. The van der Waals surface area contributed by atoms with Gasteiger partial charge in [-0.05, 0) is 19.9 Å². The van der Waals surface area contributed by atoms with Crippen molar-refractivity contribution in [2.75, 3.05) is 6.54 Å². The van der Waals surface area contributed by atoms with E-state index in [1.807, 2.05) is 12.1 Å². The Bertz CT molecular complexity index is 151. The van der Waals surface area contributed by atoms with Crippen LogP contribution in [0.2, 0.25) is 0 Å². The fraction of sp³-hybridized carbons (Fsp3) is 0.714. The predicted octanol–water partition coefficient (Wildman–Crippen LogP) is 0.792. The van der Waals surface area contributed by atoms with Gasteiger partial charge in [0.1, 0.15) is 0 Å². The first kappa shape index (κ1) is 8.94. The van der Waals surface area contributed by atoms with Gasteiger partial charge < -0.3 is 5.32 Å². The lowest BCUT2D eigenvalue weighted by Crippen LogP contribution is -2.24. The van der Waals surface area contributed by atoms with E-state index in [9.17, 15) is 0 Å². The van der Waals surface area contributed by atoms with E-state index in [1.165, 1.54) is 0 Å². The fourth-order valence-electron chi connectivity index (χ4n) is 0.532. The topological polar surface area (TPSA) is 59.6 Å². The molecular weight excluding hydrogens is 126 g/mol. The summed E-state index contributed by atoms with van der Waals surface area (Å²) in [5.74, 6) is 0. The highest BCUT2D eigenvalue weighted by Gasteiger charge is 1.94. The van der Waals surface area contributed by atoms with Crippen LogP contribution in [0.15, 0.2) is 0 Å². The first-order valence-corrected chi connectivity index (χ1v) is 3.31. The number of hydrogen-bond donors (Lipinski definition) is 1. The normalized spacial score (nSPS) is 11.5. The number of hydrogen-bond acceptors (Lipinski definition) is 3. The van der Waals surface area contributed by atoms with Gasteiger partial charge in [-0.15, -0.1) is 0 Å². The zero-order valence-electron chi connectivity index (χ0n) is 6.09. The van der Waals surface area contributed by atoms with Crippen LogP contribution < -0.4 is 5.32 Å². The molecule has 0 aliphatic heterocycles. The Hall–Kier alpha value is -1.06. The SMILES string of the molecule is CC(C#N)NCCCC#N. The molecule has 0 amide bonds. The fourth-order valence-corrected chi connectivity index (χ4v) is 0.532. The Labute approximate surface area is 61.3 Å². The molecule has 0 aromatic heterocycles. The molecule has 0 radical (unpaired) electrons. The summed E-state index contributed by atoms with van der Waals surface area (Å²) in [7, 11) is 0. The first-order chi connectivity index (χ1) is 4.81. The molecule has 0 aliphatic carbocycles. The third kappa shape index (κ3) is 5.08. The molecule has 0 bridgehead atoms. The molecule has 0 saturated heterocycles. The number of unbranched alkanes of at least 4 members (excludes halogenated alkanes) is 1. The zero-order chi connectivity index (χ0) is 7.82. The van der Waals surface area contributed by atoms with Gasteiger partial charge in [-0.2, -0.15) is 10.5 Å². The monoisotopic (exact) mass is 137 g/mol. The highest BCUT2D eigenvalue weighted by Crippen LogP contribution is 1.84. The Morgan fingerprint density at radius 3 is 2.70 bits per heavy atom. The minimum absolute atomic E-state index is 0.0984. The van der Waals surface area contributed by atoms with Crippen molar-refractivity contribution >= 4 is 0 Å². The molecule has 0 rings (SSSR count). The Morgan fingerprint density at radius 1 is 1.50 bits per heavy atom. The Morgan fingerprint density at radius 2 is 2.20 bits per heavy atom. The van der Waals surface area contributed by atoms with E-state index in [-0.39, 0.29) is 6.04 Å². The van der Waals surface area contributed by atoms with Crippen LogP contribution in [0, 0.1) is 22.7 Å². The summed E-state index contributed by atoms with van der Waals surface area (Å²) in [4.78, 5) is 0. The number of rotatable bonds is 4. The Balaban J connectivity index is 3.07. The van der Waals surface area contributed by atoms with Gasteiger partial charge in [0.05, 0.1) is 18.2 Å². The second-order valence-corrected chi connectivity index (χ2v) is 2.07. The first-order valence-electron chi connectivity index (χ1n) is 3.31. The van der Waals surface area contributed by atoms with Gasteiger partial charge >= 0.3 is 0 Å². The van der Waals surface area contributed by atoms with E-state index in [2.05, 4.69) is 5.32 Å². The number of nitrogens with zero attached hydrogens (tertiary/aromatic N) is 2. The highest BCUT2D eigenvalue weighted by molar-refractivity contribution is 4.85. The summed E-state index contributed by atoms with van der Waals surface area (Å²) in [6.07, 6.45) is 1.38. The van der Waals surface area contributed by atoms with Crippen LogP contribution >= 0.6 is 0 Å². The van der Waals surface area contributed by atoms with Gasteiger partial charge in [-0.1, -0.05) is 0 Å². The molecule has 0 heterocycles. The maximum Gasteiger partial charge on any atom is 0.0924 e. The number of nitrogens with one attached hydrogen (secondary N) is 1. The van der Waals surface area contributed by atoms with Crippen molar-refractivity contribution in [2.45, 2.75) is 25.8 Å². The highest BCUT2D eigenvalue weighted by atomic mass is 14.9. The van der Waals surface area contributed by atoms with Crippen LogP contribution in [-0.2, 0) is 0 Å². The van der Waals surface area contributed by atoms with Crippen molar-refractivity contribution in [3.63, 3.8) is 0 Å². The third-order valence-electron chi connectivity index (χ3n) is 1.11. The van der Waals surface area contributed by atoms with Gasteiger partial charge in [0, 0.05) is 6.42 Å². The quantitative estimate of drug-likeness (QED) is 0.583. The van der Waals surface area contributed by atoms with Crippen LogP contribution in [0.25, 0.3) is 0 Å². The van der Waals surface area contributed by atoms with Crippen LogP contribution in [0.4, 0.5) is 0 Å². The maximum atomic E-state index is 8.31. The summed E-state index contributed by atoms with van der Waals surface area (Å²) >= 11 is 0. The van der Waals surface area contributed by atoms with Crippen molar-refractivity contribution in [2.24, 2.45) is 0 Å². The maximum absolute atomic E-state index is 8.31. The van der Waals surface area contributed by atoms with Crippen molar-refractivity contribution in [3.8, 4) is 12.1 Å². The van der Waals surface area contributed by atoms with Crippen LogP contribution in [0.3, 0.4) is 0 Å². The van der Waals surface area contributed by atoms with Gasteiger partial charge in [0.2, 0.25) is 0 Å². The molecule has 3 nitrogen and oxygen atoms in total. The molecule has 10 heavy (non-hydrogen) atoms. The van der Waals surface area contributed by atoms with Crippen LogP contribution in [0.5, 0.6) is 0 Å². The molecule has 0 spiro atoms. The average molecular weight is 137 g/mol. The molecule has 54 valence electrons. The van der Waals surface area contributed by atoms with E-state index in [1.54, 1.807) is 6.92 Å². The minimum atomic E-state index is -0.0984. The molecule has 1 atom stereocenters. The van der Waals surface area contributed by atoms with Gasteiger partial charge in [0.25, 0.3) is 0 Å². The lowest BCUT2D eigenvalue weighted by atomic mass is 10.3. The molecule has 3 heteroatoms. The van der Waals surface area contributed by atoms with Crippen molar-refractivity contribution in [3.05, 3.63) is 0 Å². The van der Waals surface area contributed by atoms with Gasteiger partial charge in [-0.25, -0.2) is 0 Å².